The number of nitrogens with zero attached hydrogens (tertiary/aromatic N) is 5. The lowest BCUT2D eigenvalue weighted by atomic mass is 9.80. The van der Waals surface area contributed by atoms with Crippen LogP contribution in [0.25, 0.3) is 16.8 Å². The van der Waals surface area contributed by atoms with Crippen LogP contribution in [-0.2, 0) is 0 Å². The van der Waals surface area contributed by atoms with Gasteiger partial charge < -0.3 is 5.32 Å². The summed E-state index contributed by atoms with van der Waals surface area (Å²) in [7, 11) is 0. The zero-order valence-electron chi connectivity index (χ0n) is 32.0. The molecule has 1 N–H and O–H groups in total. The first kappa shape index (κ1) is 37.3. The molecule has 4 atom stereocenters. The average Bonchev–Trinajstić information content (AvgIpc) is 3.85. The lowest BCUT2D eigenvalue weighted by Crippen LogP contribution is -2.29. The smallest absolute Gasteiger partial charge is 0.120 e. The first-order chi connectivity index (χ1) is 27.0. The van der Waals surface area contributed by atoms with Gasteiger partial charge in [-0.3, -0.25) is 19.9 Å². The number of hydrogen-bond acceptors (Lipinski definition) is 5. The second kappa shape index (κ2) is 17.4. The summed E-state index contributed by atoms with van der Waals surface area (Å²) in [6, 6.07) is 18.0. The van der Waals surface area contributed by atoms with Gasteiger partial charge >= 0.3 is 0 Å². The van der Waals surface area contributed by atoms with Crippen LogP contribution < -0.4 is 5.32 Å². The van der Waals surface area contributed by atoms with Crippen molar-refractivity contribution in [3.05, 3.63) is 193 Å². The summed E-state index contributed by atoms with van der Waals surface area (Å²) in [6.45, 7) is 12.7. The first-order valence-corrected chi connectivity index (χ1v) is 19.4. The van der Waals surface area contributed by atoms with Crippen LogP contribution in [0.15, 0.2) is 186 Å². The Hall–Kier alpha value is -6.01. The molecule has 3 aromatic heterocycles. The van der Waals surface area contributed by atoms with E-state index < -0.39 is 5.54 Å². The first-order valence-electron chi connectivity index (χ1n) is 19.4. The van der Waals surface area contributed by atoms with Crippen LogP contribution in [0.4, 0.5) is 0 Å². The topological polar surface area (TPSA) is 75.4 Å². The molecule has 0 radical (unpaired) electrons. The second-order valence-electron chi connectivity index (χ2n) is 14.5. The fourth-order valence-corrected chi connectivity index (χ4v) is 8.02. The van der Waals surface area contributed by atoms with Crippen LogP contribution in [0.1, 0.15) is 69.5 Å². The molecule has 2 aliphatic heterocycles. The van der Waals surface area contributed by atoms with Crippen molar-refractivity contribution in [2.75, 3.05) is 0 Å². The van der Waals surface area contributed by atoms with Crippen LogP contribution in [0, 0.1) is 17.8 Å². The Morgan fingerprint density at radius 2 is 1.75 bits per heavy atom. The second-order valence-corrected chi connectivity index (χ2v) is 14.5. The fourth-order valence-electron chi connectivity index (χ4n) is 8.02. The van der Waals surface area contributed by atoms with Crippen LogP contribution in [0.3, 0.4) is 0 Å². The van der Waals surface area contributed by atoms with Gasteiger partial charge in [0.05, 0.1) is 34.2 Å². The molecule has 0 spiro atoms. The average molecular weight is 723 g/mol. The highest BCUT2D eigenvalue weighted by Gasteiger charge is 2.47. The van der Waals surface area contributed by atoms with Gasteiger partial charge in [-0.05, 0) is 99.8 Å². The van der Waals surface area contributed by atoms with Gasteiger partial charge in [-0.1, -0.05) is 110 Å². The minimum Gasteiger partial charge on any atom is -0.346 e. The molecule has 0 aromatic carbocycles. The third-order valence-corrected chi connectivity index (χ3v) is 10.8. The van der Waals surface area contributed by atoms with Crippen molar-refractivity contribution in [2.45, 2.75) is 57.9 Å². The van der Waals surface area contributed by atoms with E-state index in [2.05, 4.69) is 92.6 Å². The quantitative estimate of drug-likeness (QED) is 0.133. The Kier molecular flexibility index (Phi) is 11.8. The number of rotatable bonds is 14. The zero-order chi connectivity index (χ0) is 38.0. The van der Waals surface area contributed by atoms with Crippen molar-refractivity contribution < 1.29 is 0 Å². The maximum absolute atomic E-state index is 5.88. The monoisotopic (exact) mass is 722 g/mol. The molecule has 1 fully saturated rings. The summed E-state index contributed by atoms with van der Waals surface area (Å²) in [5.41, 5.74) is 9.65. The lowest BCUT2D eigenvalue weighted by molar-refractivity contribution is 0.492. The molecule has 3 aromatic rings. The van der Waals surface area contributed by atoms with E-state index in [0.717, 1.165) is 76.9 Å². The molecule has 4 aliphatic rings. The Labute approximate surface area is 326 Å². The largest absolute Gasteiger partial charge is 0.346 e. The standard InChI is InChI=1S/C49H50N6/c1-5-7-8-9-14-26-42-45(41-25-16-19-31-51-41)46(48(53-42)54-47(44-27-17-20-32-52-44)36(4)40-24-15-18-30-50-40)43-28-29-49(55-43,38-22-12-10-11-13-23-38)34-35(3)39-33-37(39)21-6-2/h5-12,14-25,27,30-32,37,39,46H,1,3,13,26,28-29,33-34H2,2,4H3,(H,53,54)/b8-7-,14-9-,21-6-,47-36+. The molecule has 7 rings (SSSR count). The lowest BCUT2D eigenvalue weighted by Gasteiger charge is -2.29. The van der Waals surface area contributed by atoms with E-state index >= 15 is 0 Å². The number of hydrogen-bond donors (Lipinski definition) is 1. The van der Waals surface area contributed by atoms with Crippen LogP contribution in [0.5, 0.6) is 0 Å². The van der Waals surface area contributed by atoms with Crippen molar-refractivity contribution in [1.82, 2.24) is 20.3 Å². The number of pyridine rings is 3. The number of aliphatic imine (C=N–C) groups is 2. The summed E-state index contributed by atoms with van der Waals surface area (Å²) in [5, 5.41) is 3.84. The van der Waals surface area contributed by atoms with E-state index in [4.69, 9.17) is 31.5 Å². The molecule has 276 valence electrons. The van der Waals surface area contributed by atoms with Gasteiger partial charge in [0.2, 0.25) is 0 Å². The molecule has 0 amide bonds. The Morgan fingerprint density at radius 1 is 0.964 bits per heavy atom. The fraction of sp³-hybridized carbons (Fsp3) is 0.245. The van der Waals surface area contributed by atoms with Gasteiger partial charge in [-0.2, -0.15) is 0 Å². The maximum atomic E-state index is 5.88. The number of allylic oxidation sites excluding steroid dienone is 12. The summed E-state index contributed by atoms with van der Waals surface area (Å²) < 4.78 is 0. The Morgan fingerprint density at radius 3 is 2.47 bits per heavy atom. The minimum absolute atomic E-state index is 0.252. The van der Waals surface area contributed by atoms with Crippen molar-refractivity contribution in [3.8, 4) is 0 Å². The van der Waals surface area contributed by atoms with E-state index in [9.17, 15) is 0 Å². The predicted octanol–water partition coefficient (Wildman–Crippen LogP) is 11.1. The van der Waals surface area contributed by atoms with Gasteiger partial charge in [-0.25, -0.2) is 4.99 Å². The summed E-state index contributed by atoms with van der Waals surface area (Å²) in [5.74, 6) is 1.64. The maximum Gasteiger partial charge on any atom is 0.120 e. The van der Waals surface area contributed by atoms with E-state index in [0.29, 0.717) is 18.3 Å². The molecule has 6 nitrogen and oxygen atoms in total. The molecule has 0 bridgehead atoms. The number of nitrogens with one attached hydrogen (secondary N) is 1. The van der Waals surface area contributed by atoms with E-state index in [1.165, 1.54) is 17.6 Å². The van der Waals surface area contributed by atoms with Crippen molar-refractivity contribution in [1.29, 1.82) is 0 Å². The molecule has 5 heterocycles. The molecule has 0 saturated heterocycles. The highest BCUT2D eigenvalue weighted by atomic mass is 15.1. The minimum atomic E-state index is -0.417. The molecular formula is C49H50N6. The summed E-state index contributed by atoms with van der Waals surface area (Å²) >= 11 is 0. The number of aromatic nitrogens is 3. The highest BCUT2D eigenvalue weighted by Crippen LogP contribution is 2.51. The van der Waals surface area contributed by atoms with E-state index in [1.54, 1.807) is 6.08 Å². The predicted molar refractivity (Wildman–Crippen MR) is 230 cm³/mol. The van der Waals surface area contributed by atoms with Crippen molar-refractivity contribution in [3.63, 3.8) is 0 Å². The molecule has 2 aliphatic carbocycles. The van der Waals surface area contributed by atoms with Gasteiger partial charge in [0.1, 0.15) is 5.84 Å². The molecular weight excluding hydrogens is 673 g/mol. The third-order valence-electron chi connectivity index (χ3n) is 10.8. The van der Waals surface area contributed by atoms with Gasteiger partial charge in [0.25, 0.3) is 0 Å². The summed E-state index contributed by atoms with van der Waals surface area (Å²) in [6.07, 6.45) is 36.3. The molecule has 55 heavy (non-hydrogen) atoms. The SMILES string of the molecule is C=C/C=C\C=C/CC1=C(c2ccccn2)C(C2=NC(CC(=C)C3CC3/C=C\C)(C3=CCC=CC=C3)CC2)C(=N/C(=C(\C)c2ccccn2)c2ccccn2)N1. The zero-order valence-corrected chi connectivity index (χ0v) is 32.0. The number of amidine groups is 1. The van der Waals surface area contributed by atoms with Crippen molar-refractivity contribution >= 4 is 28.4 Å². The Bertz CT molecular complexity index is 2190. The van der Waals surface area contributed by atoms with Gasteiger partial charge in [-0.15, -0.1) is 0 Å². The third kappa shape index (κ3) is 8.54. The van der Waals surface area contributed by atoms with Crippen LogP contribution >= 0.6 is 0 Å². The summed E-state index contributed by atoms with van der Waals surface area (Å²) in [4.78, 5) is 25.9. The normalized spacial score (nSPS) is 24.7. The van der Waals surface area contributed by atoms with Gasteiger partial charge in [0.15, 0.2) is 0 Å². The highest BCUT2D eigenvalue weighted by molar-refractivity contribution is 6.21. The van der Waals surface area contributed by atoms with E-state index in [-0.39, 0.29) is 5.92 Å². The Balaban J connectivity index is 1.41. The molecule has 6 heteroatoms. The molecule has 4 unspecified atom stereocenters. The van der Waals surface area contributed by atoms with Crippen LogP contribution in [0.2, 0.25) is 0 Å². The van der Waals surface area contributed by atoms with Gasteiger partial charge in [0, 0.05) is 47.6 Å². The van der Waals surface area contributed by atoms with Crippen molar-refractivity contribution in [2.24, 2.45) is 27.7 Å². The molecule has 1 saturated carbocycles. The van der Waals surface area contributed by atoms with E-state index in [1.807, 2.05) is 73.2 Å². The van der Waals surface area contributed by atoms with Crippen LogP contribution in [-0.4, -0.2) is 32.0 Å².